The van der Waals surface area contributed by atoms with Gasteiger partial charge in [-0.15, -0.1) is 9.24 Å². The summed E-state index contributed by atoms with van der Waals surface area (Å²) in [4.78, 5) is 0. The molecule has 0 amide bonds. The van der Waals surface area contributed by atoms with Crippen LogP contribution in [-0.4, -0.2) is 24.7 Å². The summed E-state index contributed by atoms with van der Waals surface area (Å²) >= 11 is 0. The van der Waals surface area contributed by atoms with Crippen LogP contribution < -0.4 is 10.6 Å². The largest absolute Gasteiger partial charge is 0.310 e. The first-order valence-corrected chi connectivity index (χ1v) is 14.7. The summed E-state index contributed by atoms with van der Waals surface area (Å²) in [7, 11) is 2.87. The minimum atomic E-state index is -0.138. The van der Waals surface area contributed by atoms with Gasteiger partial charge in [0.05, 0.1) is 0 Å². The molecule has 1 aromatic rings. The van der Waals surface area contributed by atoms with Crippen molar-refractivity contribution in [1.82, 2.24) is 10.6 Å². The molecule has 30 heavy (non-hydrogen) atoms. The van der Waals surface area contributed by atoms with E-state index < -0.39 is 0 Å². The summed E-state index contributed by atoms with van der Waals surface area (Å²) in [5.74, 6) is 1.43. The van der Waals surface area contributed by atoms with Crippen LogP contribution in [0.4, 0.5) is 0 Å². The van der Waals surface area contributed by atoms with Crippen molar-refractivity contribution in [1.29, 1.82) is 0 Å². The molecule has 2 heterocycles. The van der Waals surface area contributed by atoms with Gasteiger partial charge < -0.3 is 10.6 Å². The predicted molar refractivity (Wildman–Crippen MR) is 139 cm³/mol. The molecule has 1 aromatic carbocycles. The Morgan fingerprint density at radius 2 is 1.43 bits per heavy atom. The van der Waals surface area contributed by atoms with Crippen molar-refractivity contribution in [2.75, 3.05) is 13.1 Å². The molecule has 170 valence electrons. The molecule has 0 radical (unpaired) electrons. The normalized spacial score (nSPS) is 24.6. The topological polar surface area (TPSA) is 24.1 Å². The number of rotatable bonds is 5. The lowest BCUT2D eigenvalue weighted by Crippen LogP contribution is -2.41. The van der Waals surface area contributed by atoms with Gasteiger partial charge in [0, 0.05) is 11.6 Å². The van der Waals surface area contributed by atoms with E-state index in [-0.39, 0.29) is 18.8 Å². The number of nitrogens with one attached hydrogen (secondary N) is 2. The Balaban J connectivity index is 2.08. The Kier molecular flexibility index (Phi) is 8.45. The number of benzene rings is 1. The van der Waals surface area contributed by atoms with Crippen LogP contribution in [-0.2, 0) is 23.2 Å². The fourth-order valence-electron chi connectivity index (χ4n) is 5.40. The van der Waals surface area contributed by atoms with Gasteiger partial charge in [0.1, 0.15) is 0 Å². The first-order chi connectivity index (χ1) is 14.1. The smallest absolute Gasteiger partial charge is 0.0286 e. The Morgan fingerprint density at radius 3 is 1.83 bits per heavy atom. The van der Waals surface area contributed by atoms with E-state index in [0.717, 1.165) is 6.16 Å². The van der Waals surface area contributed by atoms with Gasteiger partial charge >= 0.3 is 0 Å². The van der Waals surface area contributed by atoms with Crippen LogP contribution >= 0.6 is 17.2 Å². The van der Waals surface area contributed by atoms with Gasteiger partial charge in [0.25, 0.3) is 0 Å². The highest BCUT2D eigenvalue weighted by atomic mass is 31.1. The lowest BCUT2D eigenvalue weighted by atomic mass is 9.72. The molecule has 2 aliphatic heterocycles. The maximum atomic E-state index is 3.96. The average molecular weight is 449 g/mol. The highest BCUT2D eigenvalue weighted by Crippen LogP contribution is 2.54. The molecule has 0 bridgehead atoms. The molecule has 4 heteroatoms. The van der Waals surface area contributed by atoms with Crippen LogP contribution in [0.3, 0.4) is 0 Å². The van der Waals surface area contributed by atoms with Crippen LogP contribution in [0, 0.1) is 0 Å². The fraction of sp³-hybridized carbons (Fsp3) is 0.769. The van der Waals surface area contributed by atoms with Crippen LogP contribution in [0.25, 0.3) is 0 Å². The number of hydrogen-bond donors (Lipinski definition) is 2. The van der Waals surface area contributed by atoms with Crippen molar-refractivity contribution in [2.45, 2.75) is 115 Å². The zero-order valence-corrected chi connectivity index (χ0v) is 22.5. The molecular weight excluding hydrogens is 402 g/mol. The molecule has 0 spiro atoms. The Hall–Kier alpha value is -0.0000000000000000555. The van der Waals surface area contributed by atoms with Gasteiger partial charge in [-0.2, -0.15) is 0 Å². The minimum absolute atomic E-state index is 0.138. The first kappa shape index (κ1) is 24.6. The highest BCUT2D eigenvalue weighted by molar-refractivity contribution is 7.58. The van der Waals surface area contributed by atoms with Gasteiger partial charge in [-0.05, 0) is 84.2 Å². The van der Waals surface area contributed by atoms with Gasteiger partial charge in [0.15, 0.2) is 0 Å². The average Bonchev–Trinajstić information content (AvgIpc) is 2.71. The molecule has 0 aliphatic carbocycles. The van der Waals surface area contributed by atoms with E-state index in [0.29, 0.717) is 11.6 Å². The molecule has 2 nitrogen and oxygen atoms in total. The van der Waals surface area contributed by atoms with Crippen LogP contribution in [0.2, 0.25) is 0 Å². The quantitative estimate of drug-likeness (QED) is 0.482. The van der Waals surface area contributed by atoms with Crippen LogP contribution in [0.15, 0.2) is 12.1 Å². The lowest BCUT2D eigenvalue weighted by Gasteiger charge is -2.41. The van der Waals surface area contributed by atoms with Crippen LogP contribution in [0.1, 0.15) is 102 Å². The second-order valence-electron chi connectivity index (χ2n) is 11.4. The summed E-state index contributed by atoms with van der Waals surface area (Å²) in [5, 5.41) is 7.92. The summed E-state index contributed by atoms with van der Waals surface area (Å²) < 4.78 is 0. The second-order valence-corrected chi connectivity index (χ2v) is 14.4. The van der Waals surface area contributed by atoms with Gasteiger partial charge in [-0.3, -0.25) is 0 Å². The lowest BCUT2D eigenvalue weighted by molar-refractivity contribution is 0.455. The summed E-state index contributed by atoms with van der Waals surface area (Å²) in [6.07, 6.45) is 10.5. The molecule has 2 N–H and O–H groups in total. The van der Waals surface area contributed by atoms with E-state index in [1.54, 1.807) is 22.3 Å². The Morgan fingerprint density at radius 1 is 0.867 bits per heavy atom. The highest BCUT2D eigenvalue weighted by Gasteiger charge is 2.35. The van der Waals surface area contributed by atoms with Crippen molar-refractivity contribution in [3.05, 3.63) is 34.4 Å². The number of piperidine rings is 2. The SMILES string of the molecule is CC(C)(C)c1ccc(CP)c(CP(C2CCCCN2)C2CCCCN2)c1C(C)(C)C. The van der Waals surface area contributed by atoms with Crippen molar-refractivity contribution >= 4 is 17.2 Å². The molecule has 3 rings (SSSR count). The molecule has 0 aromatic heterocycles. The predicted octanol–water partition coefficient (Wildman–Crippen LogP) is 6.84. The van der Waals surface area contributed by atoms with E-state index in [1.807, 2.05) is 0 Å². The fourth-order valence-corrected chi connectivity index (χ4v) is 9.14. The molecule has 2 aliphatic rings. The van der Waals surface area contributed by atoms with Gasteiger partial charge in [-0.1, -0.05) is 74.4 Å². The summed E-state index contributed by atoms with van der Waals surface area (Å²) in [6.45, 7) is 16.8. The van der Waals surface area contributed by atoms with E-state index in [1.165, 1.54) is 57.8 Å². The molecule has 3 unspecified atom stereocenters. The standard InChI is InChI=1S/C26H46N2P2/c1-25(2,3)21-14-13-19(17-29)20(24(21)26(4,5)6)18-30(22-11-7-9-15-27-22)23-12-8-10-16-28-23/h13-14,22-23,27-28H,7-12,15-18,29H2,1-6H3. The van der Waals surface area contributed by atoms with Crippen molar-refractivity contribution in [3.63, 3.8) is 0 Å². The molecule has 2 saturated heterocycles. The molecule has 3 atom stereocenters. The maximum absolute atomic E-state index is 3.96. The molecular formula is C26H46N2P2. The minimum Gasteiger partial charge on any atom is -0.310 e. The van der Waals surface area contributed by atoms with Gasteiger partial charge in [-0.25, -0.2) is 0 Å². The first-order valence-electron chi connectivity index (χ1n) is 12.2. The molecule has 0 saturated carbocycles. The van der Waals surface area contributed by atoms with Crippen molar-refractivity contribution in [2.24, 2.45) is 0 Å². The Bertz CT molecular complexity index is 672. The van der Waals surface area contributed by atoms with E-state index in [4.69, 9.17) is 0 Å². The van der Waals surface area contributed by atoms with E-state index >= 15 is 0 Å². The monoisotopic (exact) mass is 448 g/mol. The van der Waals surface area contributed by atoms with Gasteiger partial charge in [0.2, 0.25) is 0 Å². The zero-order valence-electron chi connectivity index (χ0n) is 20.4. The third-order valence-electron chi connectivity index (χ3n) is 6.90. The van der Waals surface area contributed by atoms with Crippen LogP contribution in [0.5, 0.6) is 0 Å². The third-order valence-corrected chi connectivity index (χ3v) is 10.5. The van der Waals surface area contributed by atoms with E-state index in [2.05, 4.69) is 73.5 Å². The zero-order chi connectivity index (χ0) is 21.9. The molecule has 2 fully saturated rings. The third kappa shape index (κ3) is 5.86. The summed E-state index contributed by atoms with van der Waals surface area (Å²) in [6, 6.07) is 4.87. The second kappa shape index (κ2) is 10.3. The van der Waals surface area contributed by atoms with Crippen molar-refractivity contribution < 1.29 is 0 Å². The summed E-state index contributed by atoms with van der Waals surface area (Å²) in [5.41, 5.74) is 6.75. The van der Waals surface area contributed by atoms with E-state index in [9.17, 15) is 0 Å². The number of hydrogen-bond acceptors (Lipinski definition) is 2. The Labute approximate surface area is 190 Å². The maximum Gasteiger partial charge on any atom is 0.0286 e. The van der Waals surface area contributed by atoms with Crippen molar-refractivity contribution in [3.8, 4) is 0 Å².